The third kappa shape index (κ3) is 2.53. The van der Waals surface area contributed by atoms with Crippen molar-refractivity contribution in [1.29, 1.82) is 5.26 Å². The van der Waals surface area contributed by atoms with E-state index in [4.69, 9.17) is 4.74 Å². The molecule has 0 radical (unpaired) electrons. The van der Waals surface area contributed by atoms with Gasteiger partial charge in [0.25, 0.3) is 0 Å². The number of nitriles is 1. The summed E-state index contributed by atoms with van der Waals surface area (Å²) in [6.07, 6.45) is 6.38. The Bertz CT molecular complexity index is 815. The molecule has 4 heteroatoms. The largest absolute Gasteiger partial charge is 0.365 e. The Balaban J connectivity index is 1.85. The van der Waals surface area contributed by atoms with Gasteiger partial charge in [0.05, 0.1) is 28.0 Å². The van der Waals surface area contributed by atoms with E-state index in [-0.39, 0.29) is 11.2 Å². The van der Waals surface area contributed by atoms with Crippen LogP contribution in [0.1, 0.15) is 45.1 Å². The second-order valence-electron chi connectivity index (χ2n) is 7.76. The fraction of sp³-hybridized carbons (Fsp3) is 0.500. The van der Waals surface area contributed by atoms with E-state index in [0.717, 1.165) is 42.5 Å². The van der Waals surface area contributed by atoms with Gasteiger partial charge in [0.1, 0.15) is 6.07 Å². The first-order chi connectivity index (χ1) is 11.5. The number of ether oxygens (including phenoxy) is 1. The van der Waals surface area contributed by atoms with Crippen LogP contribution in [0.15, 0.2) is 30.5 Å². The maximum Gasteiger partial charge on any atom is 0.103 e. The quantitative estimate of drug-likeness (QED) is 0.795. The third-order valence-electron chi connectivity index (χ3n) is 5.24. The van der Waals surface area contributed by atoms with Gasteiger partial charge in [-0.05, 0) is 32.8 Å². The number of pyridine rings is 1. The summed E-state index contributed by atoms with van der Waals surface area (Å²) < 4.78 is 6.52. The molecule has 1 aliphatic carbocycles. The molecule has 0 unspecified atom stereocenters. The number of rotatable bonds is 1. The van der Waals surface area contributed by atoms with E-state index in [2.05, 4.69) is 35.9 Å². The summed E-state index contributed by atoms with van der Waals surface area (Å²) in [7, 11) is 0. The van der Waals surface area contributed by atoms with Gasteiger partial charge in [0, 0.05) is 24.7 Å². The molecule has 124 valence electrons. The molecule has 1 saturated carbocycles. The lowest BCUT2D eigenvalue weighted by Gasteiger charge is -2.50. The number of fused-ring (bicyclic) bond motifs is 1. The lowest BCUT2D eigenvalue weighted by atomic mass is 9.93. The van der Waals surface area contributed by atoms with Crippen molar-refractivity contribution in [1.82, 2.24) is 4.98 Å². The molecule has 1 aliphatic heterocycles. The molecule has 24 heavy (non-hydrogen) atoms. The molecule has 2 aromatic rings. The Morgan fingerprint density at radius 3 is 2.67 bits per heavy atom. The summed E-state index contributed by atoms with van der Waals surface area (Å²) in [6.45, 7) is 5.97. The zero-order valence-electron chi connectivity index (χ0n) is 14.4. The molecule has 4 rings (SSSR count). The van der Waals surface area contributed by atoms with Crippen LogP contribution >= 0.6 is 0 Å². The highest BCUT2D eigenvalue weighted by atomic mass is 16.5. The summed E-state index contributed by atoms with van der Waals surface area (Å²) in [5.41, 5.74) is 2.32. The highest BCUT2D eigenvalue weighted by Crippen LogP contribution is 2.43. The first-order valence-electron chi connectivity index (χ1n) is 8.75. The van der Waals surface area contributed by atoms with Gasteiger partial charge < -0.3 is 9.64 Å². The van der Waals surface area contributed by atoms with Crippen molar-refractivity contribution >= 4 is 16.6 Å². The van der Waals surface area contributed by atoms with Gasteiger partial charge in [0.15, 0.2) is 0 Å². The lowest BCUT2D eigenvalue weighted by molar-refractivity contribution is -0.148. The van der Waals surface area contributed by atoms with Gasteiger partial charge >= 0.3 is 0 Å². The number of hydrogen-bond donors (Lipinski definition) is 0. The number of benzene rings is 1. The van der Waals surface area contributed by atoms with Crippen molar-refractivity contribution < 1.29 is 4.74 Å². The maximum absolute atomic E-state index is 9.65. The van der Waals surface area contributed by atoms with Crippen molar-refractivity contribution in [2.75, 3.05) is 18.0 Å². The van der Waals surface area contributed by atoms with Gasteiger partial charge in [-0.1, -0.05) is 31.0 Å². The molecule has 1 spiro atoms. The molecule has 1 aromatic heterocycles. The van der Waals surface area contributed by atoms with Crippen molar-refractivity contribution in [3.05, 3.63) is 36.0 Å². The molecule has 2 fully saturated rings. The Hall–Kier alpha value is -2.12. The topological polar surface area (TPSA) is 49.2 Å². The Labute approximate surface area is 143 Å². The van der Waals surface area contributed by atoms with E-state index in [1.165, 1.54) is 12.8 Å². The van der Waals surface area contributed by atoms with Crippen LogP contribution < -0.4 is 4.90 Å². The molecule has 0 atom stereocenters. The van der Waals surface area contributed by atoms with Crippen LogP contribution in [-0.2, 0) is 4.74 Å². The predicted molar refractivity (Wildman–Crippen MR) is 95.0 cm³/mol. The summed E-state index contributed by atoms with van der Waals surface area (Å²) in [4.78, 5) is 6.82. The standard InChI is InChI=1S/C20H23N3O/c1-19(2)13-23(14-20(24-19)9-5-6-10-20)18-15(11-21)12-22-17-8-4-3-7-16(17)18/h3-4,7-8,12H,5-6,9-10,13-14H2,1-2H3. The first-order valence-corrected chi connectivity index (χ1v) is 8.75. The molecule has 2 aliphatic rings. The van der Waals surface area contributed by atoms with Crippen molar-refractivity contribution in [3.8, 4) is 6.07 Å². The summed E-state index contributed by atoms with van der Waals surface area (Å²) in [5, 5.41) is 10.7. The molecule has 1 aromatic carbocycles. The maximum atomic E-state index is 9.65. The molecule has 1 saturated heterocycles. The SMILES string of the molecule is CC1(C)CN(c2c(C#N)cnc3ccccc23)CC2(CCCC2)O1. The summed E-state index contributed by atoms with van der Waals surface area (Å²) in [6, 6.07) is 10.4. The fourth-order valence-corrected chi connectivity index (χ4v) is 4.50. The van der Waals surface area contributed by atoms with Crippen LogP contribution in [0.3, 0.4) is 0 Å². The third-order valence-corrected chi connectivity index (χ3v) is 5.24. The van der Waals surface area contributed by atoms with E-state index in [0.29, 0.717) is 5.56 Å². The monoisotopic (exact) mass is 321 g/mol. The fourth-order valence-electron chi connectivity index (χ4n) is 4.50. The van der Waals surface area contributed by atoms with Gasteiger partial charge in [-0.25, -0.2) is 0 Å². The van der Waals surface area contributed by atoms with E-state index < -0.39 is 0 Å². The van der Waals surface area contributed by atoms with Crippen LogP contribution in [0.4, 0.5) is 5.69 Å². The molecular weight excluding hydrogens is 298 g/mol. The number of aromatic nitrogens is 1. The number of para-hydroxylation sites is 1. The van der Waals surface area contributed by atoms with Crippen molar-refractivity contribution in [2.24, 2.45) is 0 Å². The highest BCUT2D eigenvalue weighted by Gasteiger charge is 2.46. The van der Waals surface area contributed by atoms with E-state index in [1.54, 1.807) is 6.20 Å². The number of hydrogen-bond acceptors (Lipinski definition) is 4. The van der Waals surface area contributed by atoms with Crippen LogP contribution in [0.5, 0.6) is 0 Å². The highest BCUT2D eigenvalue weighted by molar-refractivity contribution is 5.94. The molecule has 2 heterocycles. The Morgan fingerprint density at radius 2 is 1.92 bits per heavy atom. The second kappa shape index (κ2) is 5.46. The molecule has 0 amide bonds. The first kappa shape index (κ1) is 15.4. The average molecular weight is 321 g/mol. The number of morpholine rings is 1. The summed E-state index contributed by atoms with van der Waals surface area (Å²) >= 11 is 0. The zero-order chi connectivity index (χ0) is 16.8. The zero-order valence-corrected chi connectivity index (χ0v) is 14.4. The normalized spacial score (nSPS) is 22.0. The van der Waals surface area contributed by atoms with Crippen LogP contribution in [-0.4, -0.2) is 29.3 Å². The van der Waals surface area contributed by atoms with Gasteiger partial charge in [0.2, 0.25) is 0 Å². The minimum Gasteiger partial charge on any atom is -0.365 e. The minimum absolute atomic E-state index is 0.0706. The van der Waals surface area contributed by atoms with Gasteiger partial charge in [-0.3, -0.25) is 4.98 Å². The predicted octanol–water partition coefficient (Wildman–Crippen LogP) is 4.03. The van der Waals surface area contributed by atoms with E-state index in [1.807, 2.05) is 18.2 Å². The summed E-state index contributed by atoms with van der Waals surface area (Å²) in [5.74, 6) is 0. The Morgan fingerprint density at radius 1 is 1.17 bits per heavy atom. The number of anilines is 1. The van der Waals surface area contributed by atoms with Gasteiger partial charge in [-0.15, -0.1) is 0 Å². The van der Waals surface area contributed by atoms with Crippen molar-refractivity contribution in [2.45, 2.75) is 50.7 Å². The van der Waals surface area contributed by atoms with Gasteiger partial charge in [-0.2, -0.15) is 5.26 Å². The Kier molecular flexibility index (Phi) is 3.51. The lowest BCUT2D eigenvalue weighted by Crippen LogP contribution is -2.59. The molecule has 0 N–H and O–H groups in total. The smallest absolute Gasteiger partial charge is 0.103 e. The molecule has 0 bridgehead atoms. The van der Waals surface area contributed by atoms with Crippen LogP contribution in [0.25, 0.3) is 10.9 Å². The van der Waals surface area contributed by atoms with E-state index >= 15 is 0 Å². The molecule has 4 nitrogen and oxygen atoms in total. The second-order valence-corrected chi connectivity index (χ2v) is 7.76. The average Bonchev–Trinajstić information content (AvgIpc) is 2.99. The van der Waals surface area contributed by atoms with E-state index in [9.17, 15) is 5.26 Å². The van der Waals surface area contributed by atoms with Crippen molar-refractivity contribution in [3.63, 3.8) is 0 Å². The molecular formula is C20H23N3O. The minimum atomic E-state index is -0.223. The number of nitrogens with zero attached hydrogens (tertiary/aromatic N) is 3. The van der Waals surface area contributed by atoms with Crippen LogP contribution in [0, 0.1) is 11.3 Å². The van der Waals surface area contributed by atoms with Crippen LogP contribution in [0.2, 0.25) is 0 Å².